The molecule has 0 N–H and O–H groups in total. The van der Waals surface area contributed by atoms with Crippen LogP contribution in [0.3, 0.4) is 0 Å². The first-order chi connectivity index (χ1) is 12.0. The van der Waals surface area contributed by atoms with E-state index in [9.17, 15) is 9.59 Å². The van der Waals surface area contributed by atoms with Crippen molar-refractivity contribution in [3.63, 3.8) is 0 Å². The van der Waals surface area contributed by atoms with Crippen LogP contribution in [0, 0.1) is 0 Å². The zero-order valence-corrected chi connectivity index (χ0v) is 14.9. The number of nitrogens with zero attached hydrogens (tertiary/aromatic N) is 4. The molecule has 1 atom stereocenters. The fraction of sp³-hybridized carbons (Fsp3) is 0.588. The van der Waals surface area contributed by atoms with Gasteiger partial charge in [-0.3, -0.25) is 9.36 Å². The van der Waals surface area contributed by atoms with Crippen LogP contribution in [0.5, 0.6) is 5.95 Å². The molecule has 0 radical (unpaired) electrons. The normalized spacial score (nSPS) is 17.7. The van der Waals surface area contributed by atoms with Crippen molar-refractivity contribution in [3.8, 4) is 5.95 Å². The minimum absolute atomic E-state index is 0.0490. The molecule has 0 aromatic carbocycles. The van der Waals surface area contributed by atoms with Gasteiger partial charge in [0.25, 0.3) is 11.9 Å². The number of aryl methyl sites for hydroxylation is 1. The monoisotopic (exact) mass is 348 g/mol. The molecule has 0 unspecified atom stereocenters. The van der Waals surface area contributed by atoms with Crippen molar-refractivity contribution < 1.29 is 13.9 Å². The van der Waals surface area contributed by atoms with Gasteiger partial charge in [-0.2, -0.15) is 5.10 Å². The van der Waals surface area contributed by atoms with Crippen LogP contribution in [-0.2, 0) is 13.6 Å². The van der Waals surface area contributed by atoms with Gasteiger partial charge in [0.2, 0.25) is 0 Å². The second-order valence-corrected chi connectivity index (χ2v) is 6.15. The number of carbonyl (C=O) groups excluding carboxylic acids is 1. The molecular weight excluding hydrogens is 324 g/mol. The number of furan rings is 1. The Bertz CT molecular complexity index is 804. The molecule has 8 nitrogen and oxygen atoms in total. The average molecular weight is 348 g/mol. The van der Waals surface area contributed by atoms with E-state index in [-0.39, 0.29) is 23.3 Å². The van der Waals surface area contributed by atoms with Gasteiger partial charge in [0, 0.05) is 38.7 Å². The van der Waals surface area contributed by atoms with Gasteiger partial charge >= 0.3 is 5.69 Å². The van der Waals surface area contributed by atoms with Crippen LogP contribution in [0.2, 0.25) is 0 Å². The lowest BCUT2D eigenvalue weighted by Gasteiger charge is -2.31. The Labute approximate surface area is 146 Å². The minimum atomic E-state index is -0.156. The molecule has 8 heteroatoms. The fourth-order valence-electron chi connectivity index (χ4n) is 3.31. The molecule has 2 aromatic rings. The molecular formula is C17H24N4O4. The molecule has 1 amide bonds. The number of piperidine rings is 1. The summed E-state index contributed by atoms with van der Waals surface area (Å²) in [6.07, 6.45) is 1.77. The van der Waals surface area contributed by atoms with E-state index in [1.165, 1.54) is 4.68 Å². The lowest BCUT2D eigenvalue weighted by atomic mass is 9.97. The van der Waals surface area contributed by atoms with Crippen molar-refractivity contribution in [3.05, 3.63) is 34.2 Å². The first-order valence-electron chi connectivity index (χ1n) is 8.70. The number of likely N-dealkylation sites (tertiary alicyclic amines) is 1. The maximum atomic E-state index is 12.7. The van der Waals surface area contributed by atoms with Crippen LogP contribution in [0.1, 0.15) is 49.0 Å². The summed E-state index contributed by atoms with van der Waals surface area (Å²) in [6.45, 7) is 6.04. The second kappa shape index (κ2) is 7.16. The third kappa shape index (κ3) is 3.33. The van der Waals surface area contributed by atoms with Crippen molar-refractivity contribution in [1.29, 1.82) is 0 Å². The van der Waals surface area contributed by atoms with E-state index in [2.05, 4.69) is 5.10 Å². The summed E-state index contributed by atoms with van der Waals surface area (Å²) in [5.41, 5.74) is -0.117. The Kier molecular flexibility index (Phi) is 4.96. The van der Waals surface area contributed by atoms with Crippen molar-refractivity contribution in [2.75, 3.05) is 19.7 Å². The third-order valence-corrected chi connectivity index (χ3v) is 4.51. The van der Waals surface area contributed by atoms with E-state index in [1.54, 1.807) is 28.6 Å². The number of hydrogen-bond donors (Lipinski definition) is 0. The highest BCUT2D eigenvalue weighted by Gasteiger charge is 2.30. The van der Waals surface area contributed by atoms with Crippen molar-refractivity contribution in [2.45, 2.75) is 39.2 Å². The summed E-state index contributed by atoms with van der Waals surface area (Å²) in [7, 11) is 1.65. The van der Waals surface area contributed by atoms with Crippen molar-refractivity contribution in [1.82, 2.24) is 19.2 Å². The van der Waals surface area contributed by atoms with Crippen molar-refractivity contribution in [2.24, 2.45) is 7.05 Å². The van der Waals surface area contributed by atoms with Crippen LogP contribution in [0.4, 0.5) is 0 Å². The number of aromatic nitrogens is 3. The molecule has 3 heterocycles. The Morgan fingerprint density at radius 2 is 2.20 bits per heavy atom. The maximum absolute atomic E-state index is 12.7. The van der Waals surface area contributed by atoms with Gasteiger partial charge in [-0.1, -0.05) is 0 Å². The van der Waals surface area contributed by atoms with Crippen LogP contribution in [0.25, 0.3) is 0 Å². The zero-order chi connectivity index (χ0) is 18.0. The number of ether oxygens (including phenoxy) is 1. The predicted molar refractivity (Wildman–Crippen MR) is 90.9 cm³/mol. The SMILES string of the molecule is CCOc1ccc(C(=O)N2CCC[C@H](c3nn(C)c(=O)n3CC)C2)o1. The van der Waals surface area contributed by atoms with E-state index in [0.717, 1.165) is 18.7 Å². The summed E-state index contributed by atoms with van der Waals surface area (Å²) in [5.74, 6) is 1.27. The highest BCUT2D eigenvalue weighted by atomic mass is 16.6. The lowest BCUT2D eigenvalue weighted by Crippen LogP contribution is -2.40. The first kappa shape index (κ1) is 17.3. The van der Waals surface area contributed by atoms with Crippen LogP contribution >= 0.6 is 0 Å². The molecule has 25 heavy (non-hydrogen) atoms. The quantitative estimate of drug-likeness (QED) is 0.820. The zero-order valence-electron chi connectivity index (χ0n) is 14.9. The Morgan fingerprint density at radius 1 is 1.40 bits per heavy atom. The first-order valence-corrected chi connectivity index (χ1v) is 8.70. The summed E-state index contributed by atoms with van der Waals surface area (Å²) >= 11 is 0. The second-order valence-electron chi connectivity index (χ2n) is 6.15. The molecule has 1 aliphatic rings. The lowest BCUT2D eigenvalue weighted by molar-refractivity contribution is 0.0663. The standard InChI is InChI=1S/C17H24N4O4/c1-4-21-15(18-19(3)17(21)23)12-7-6-10-20(11-12)16(22)13-8-9-14(25-13)24-5-2/h8-9,12H,4-7,10-11H2,1-3H3/t12-/m0/s1. The smallest absolute Gasteiger partial charge is 0.345 e. The van der Waals surface area contributed by atoms with Gasteiger partial charge in [0.1, 0.15) is 5.82 Å². The van der Waals surface area contributed by atoms with Crippen LogP contribution in [-0.4, -0.2) is 44.9 Å². The van der Waals surface area contributed by atoms with E-state index < -0.39 is 0 Å². The van der Waals surface area contributed by atoms with Gasteiger partial charge in [0.15, 0.2) is 5.76 Å². The van der Waals surface area contributed by atoms with Gasteiger partial charge in [-0.25, -0.2) is 9.48 Å². The summed E-state index contributed by atoms with van der Waals surface area (Å²) in [5, 5.41) is 4.39. The van der Waals surface area contributed by atoms with Gasteiger partial charge < -0.3 is 14.1 Å². The number of carbonyl (C=O) groups is 1. The van der Waals surface area contributed by atoms with Crippen molar-refractivity contribution >= 4 is 5.91 Å². The summed E-state index contributed by atoms with van der Waals surface area (Å²) in [6, 6.07) is 3.30. The number of hydrogen-bond acceptors (Lipinski definition) is 5. The molecule has 1 aliphatic heterocycles. The summed E-state index contributed by atoms with van der Waals surface area (Å²) in [4.78, 5) is 26.6. The Hall–Kier alpha value is -2.51. The fourth-order valence-corrected chi connectivity index (χ4v) is 3.31. The molecule has 0 aliphatic carbocycles. The van der Waals surface area contributed by atoms with E-state index >= 15 is 0 Å². The topological polar surface area (TPSA) is 82.5 Å². The molecule has 1 fully saturated rings. The summed E-state index contributed by atoms with van der Waals surface area (Å²) < 4.78 is 13.8. The average Bonchev–Trinajstić information content (AvgIpc) is 3.20. The molecule has 1 saturated heterocycles. The van der Waals surface area contributed by atoms with Crippen LogP contribution < -0.4 is 10.4 Å². The molecule has 136 valence electrons. The maximum Gasteiger partial charge on any atom is 0.345 e. The number of amides is 1. The molecule has 0 saturated carbocycles. The Morgan fingerprint density at radius 3 is 2.92 bits per heavy atom. The predicted octanol–water partition coefficient (Wildman–Crippen LogP) is 1.61. The third-order valence-electron chi connectivity index (χ3n) is 4.51. The number of rotatable bonds is 5. The largest absolute Gasteiger partial charge is 0.465 e. The van der Waals surface area contributed by atoms with Gasteiger partial charge in [-0.05, 0) is 32.8 Å². The van der Waals surface area contributed by atoms with Crippen LogP contribution in [0.15, 0.2) is 21.3 Å². The molecule has 0 bridgehead atoms. The van der Waals surface area contributed by atoms with E-state index in [0.29, 0.717) is 32.2 Å². The molecule has 2 aromatic heterocycles. The minimum Gasteiger partial charge on any atom is -0.465 e. The van der Waals surface area contributed by atoms with E-state index in [1.807, 2.05) is 13.8 Å². The van der Waals surface area contributed by atoms with Gasteiger partial charge in [-0.15, -0.1) is 0 Å². The van der Waals surface area contributed by atoms with E-state index in [4.69, 9.17) is 9.15 Å². The highest BCUT2D eigenvalue weighted by molar-refractivity contribution is 5.91. The molecule has 0 spiro atoms. The highest BCUT2D eigenvalue weighted by Crippen LogP contribution is 2.27. The Balaban J connectivity index is 1.77. The molecule has 3 rings (SSSR count). The van der Waals surface area contributed by atoms with Gasteiger partial charge in [0.05, 0.1) is 6.61 Å².